The Morgan fingerprint density at radius 3 is 2.53 bits per heavy atom. The van der Waals surface area contributed by atoms with Crippen molar-refractivity contribution >= 4 is 22.4 Å². The zero-order valence-corrected chi connectivity index (χ0v) is 10.7. The monoisotopic (exact) mass is 284 g/mol. The first-order valence-electron chi connectivity index (χ1n) is 5.36. The molecule has 0 aliphatic rings. The molecule has 7 heteroatoms. The molecule has 2 rings (SSSR count). The number of amides is 1. The lowest BCUT2D eigenvalue weighted by molar-refractivity contribution is 0.102. The first kappa shape index (κ1) is 13.6. The van der Waals surface area contributed by atoms with Crippen LogP contribution in [-0.2, 0) is 0 Å². The van der Waals surface area contributed by atoms with Crippen LogP contribution in [0.4, 0.5) is 13.9 Å². The lowest BCUT2D eigenvalue weighted by Gasteiger charge is -2.02. The fraction of sp³-hybridized carbons (Fsp3) is 0.167. The summed E-state index contributed by atoms with van der Waals surface area (Å²) in [5, 5.41) is 13.6. The van der Waals surface area contributed by atoms with E-state index in [9.17, 15) is 18.7 Å². The summed E-state index contributed by atoms with van der Waals surface area (Å²) in [5.74, 6) is -2.31. The van der Waals surface area contributed by atoms with E-state index in [0.717, 1.165) is 23.5 Å². The number of thiazole rings is 1. The molecule has 0 aliphatic heterocycles. The van der Waals surface area contributed by atoms with Gasteiger partial charge in [0.2, 0.25) is 0 Å². The first-order valence-corrected chi connectivity index (χ1v) is 6.24. The third kappa shape index (κ3) is 3.33. The maximum absolute atomic E-state index is 13.0. The Labute approximate surface area is 111 Å². The number of nitrogens with zero attached hydrogens (tertiary/aromatic N) is 1. The van der Waals surface area contributed by atoms with Crippen LogP contribution in [0.25, 0.3) is 0 Å². The van der Waals surface area contributed by atoms with Crippen LogP contribution < -0.4 is 5.32 Å². The Balaban J connectivity index is 2.15. The lowest BCUT2D eigenvalue weighted by Crippen LogP contribution is -2.12. The molecule has 19 heavy (non-hydrogen) atoms. The van der Waals surface area contributed by atoms with Gasteiger partial charge in [0, 0.05) is 17.0 Å². The molecule has 0 aliphatic carbocycles. The van der Waals surface area contributed by atoms with E-state index in [1.54, 1.807) is 12.3 Å². The number of benzene rings is 1. The zero-order chi connectivity index (χ0) is 14.0. The SMILES string of the molecule is CC(O)c1csc(NC(=O)c2cc(F)cc(F)c2)n1. The normalized spacial score (nSPS) is 12.2. The van der Waals surface area contributed by atoms with Crippen molar-refractivity contribution in [2.24, 2.45) is 0 Å². The average Bonchev–Trinajstić information content (AvgIpc) is 2.76. The van der Waals surface area contributed by atoms with Crippen LogP contribution in [-0.4, -0.2) is 16.0 Å². The van der Waals surface area contributed by atoms with E-state index >= 15 is 0 Å². The van der Waals surface area contributed by atoms with Crippen LogP contribution in [0.5, 0.6) is 0 Å². The van der Waals surface area contributed by atoms with Gasteiger partial charge in [0.25, 0.3) is 5.91 Å². The highest BCUT2D eigenvalue weighted by molar-refractivity contribution is 7.14. The standard InChI is InChI=1S/C12H10F2N2O2S/c1-6(17)10-5-19-12(15-10)16-11(18)7-2-8(13)4-9(14)3-7/h2-6,17H,1H3,(H,15,16,18). The van der Waals surface area contributed by atoms with Crippen molar-refractivity contribution in [3.63, 3.8) is 0 Å². The fourth-order valence-electron chi connectivity index (χ4n) is 1.39. The average molecular weight is 284 g/mol. The Kier molecular flexibility index (Phi) is 3.87. The van der Waals surface area contributed by atoms with Crippen LogP contribution >= 0.6 is 11.3 Å². The molecule has 1 aromatic carbocycles. The van der Waals surface area contributed by atoms with Gasteiger partial charge in [-0.2, -0.15) is 0 Å². The van der Waals surface area contributed by atoms with E-state index in [-0.39, 0.29) is 10.7 Å². The molecule has 2 N–H and O–H groups in total. The summed E-state index contributed by atoms with van der Waals surface area (Å²) in [6.45, 7) is 1.54. The van der Waals surface area contributed by atoms with Gasteiger partial charge in [-0.25, -0.2) is 13.8 Å². The molecule has 0 saturated heterocycles. The van der Waals surface area contributed by atoms with Gasteiger partial charge in [0.15, 0.2) is 5.13 Å². The van der Waals surface area contributed by atoms with Crippen molar-refractivity contribution in [1.29, 1.82) is 0 Å². The van der Waals surface area contributed by atoms with Crippen LogP contribution in [0.15, 0.2) is 23.6 Å². The molecule has 100 valence electrons. The summed E-state index contributed by atoms with van der Waals surface area (Å²) >= 11 is 1.12. The van der Waals surface area contributed by atoms with Crippen LogP contribution in [0.3, 0.4) is 0 Å². The van der Waals surface area contributed by atoms with E-state index in [1.807, 2.05) is 0 Å². The number of aliphatic hydroxyl groups excluding tert-OH is 1. The van der Waals surface area contributed by atoms with Crippen LogP contribution in [0, 0.1) is 11.6 Å². The lowest BCUT2D eigenvalue weighted by atomic mass is 10.2. The fourth-order valence-corrected chi connectivity index (χ4v) is 2.18. The maximum Gasteiger partial charge on any atom is 0.257 e. The summed E-state index contributed by atoms with van der Waals surface area (Å²) in [4.78, 5) is 15.7. The van der Waals surface area contributed by atoms with E-state index in [4.69, 9.17) is 0 Å². The Morgan fingerprint density at radius 1 is 1.37 bits per heavy atom. The third-order valence-corrected chi connectivity index (χ3v) is 3.07. The molecule has 4 nitrogen and oxygen atoms in total. The zero-order valence-electron chi connectivity index (χ0n) is 9.85. The molecule has 1 amide bonds. The number of rotatable bonds is 3. The molecule has 0 bridgehead atoms. The smallest absolute Gasteiger partial charge is 0.257 e. The second-order valence-electron chi connectivity index (χ2n) is 3.87. The van der Waals surface area contributed by atoms with Crippen LogP contribution in [0.2, 0.25) is 0 Å². The number of carbonyl (C=O) groups excluding carboxylic acids is 1. The van der Waals surface area contributed by atoms with Gasteiger partial charge in [-0.3, -0.25) is 10.1 Å². The number of nitrogens with one attached hydrogen (secondary N) is 1. The number of anilines is 1. The Bertz CT molecular complexity index is 593. The molecule has 1 aromatic heterocycles. The summed E-state index contributed by atoms with van der Waals surface area (Å²) in [5.41, 5.74) is 0.289. The largest absolute Gasteiger partial charge is 0.387 e. The number of aliphatic hydroxyl groups is 1. The second kappa shape index (κ2) is 5.41. The molecular weight excluding hydrogens is 274 g/mol. The number of carbonyl (C=O) groups is 1. The first-order chi connectivity index (χ1) is 8.95. The number of aromatic nitrogens is 1. The Hall–Kier alpha value is -1.86. The van der Waals surface area contributed by atoms with Crippen molar-refractivity contribution < 1.29 is 18.7 Å². The molecule has 1 atom stereocenters. The number of halogens is 2. The molecule has 0 fully saturated rings. The summed E-state index contributed by atoms with van der Waals surface area (Å²) < 4.78 is 25.9. The Morgan fingerprint density at radius 2 is 2.00 bits per heavy atom. The summed E-state index contributed by atoms with van der Waals surface area (Å²) in [6, 6.07) is 2.55. The van der Waals surface area contributed by atoms with Crippen molar-refractivity contribution in [3.05, 3.63) is 46.5 Å². The number of hydrogen-bond donors (Lipinski definition) is 2. The van der Waals surface area contributed by atoms with Gasteiger partial charge in [-0.1, -0.05) is 0 Å². The van der Waals surface area contributed by atoms with Crippen LogP contribution in [0.1, 0.15) is 29.1 Å². The van der Waals surface area contributed by atoms with E-state index in [2.05, 4.69) is 10.3 Å². The van der Waals surface area contributed by atoms with E-state index in [1.165, 1.54) is 0 Å². The molecule has 0 spiro atoms. The summed E-state index contributed by atoms with van der Waals surface area (Å²) in [7, 11) is 0. The predicted octanol–water partition coefficient (Wildman–Crippen LogP) is 2.73. The van der Waals surface area contributed by atoms with Crippen molar-refractivity contribution in [1.82, 2.24) is 4.98 Å². The van der Waals surface area contributed by atoms with Gasteiger partial charge in [0.1, 0.15) is 11.6 Å². The summed E-state index contributed by atoms with van der Waals surface area (Å²) in [6.07, 6.45) is -0.742. The van der Waals surface area contributed by atoms with Gasteiger partial charge in [-0.15, -0.1) is 11.3 Å². The van der Waals surface area contributed by atoms with Gasteiger partial charge < -0.3 is 5.11 Å². The topological polar surface area (TPSA) is 62.2 Å². The predicted molar refractivity (Wildman–Crippen MR) is 67.1 cm³/mol. The van der Waals surface area contributed by atoms with Gasteiger partial charge >= 0.3 is 0 Å². The van der Waals surface area contributed by atoms with Crippen molar-refractivity contribution in [2.75, 3.05) is 5.32 Å². The molecule has 2 aromatic rings. The minimum Gasteiger partial charge on any atom is -0.387 e. The van der Waals surface area contributed by atoms with Gasteiger partial charge in [0.05, 0.1) is 11.8 Å². The quantitative estimate of drug-likeness (QED) is 0.911. The highest BCUT2D eigenvalue weighted by Crippen LogP contribution is 2.21. The van der Waals surface area contributed by atoms with Gasteiger partial charge in [-0.05, 0) is 19.1 Å². The third-order valence-electron chi connectivity index (χ3n) is 2.30. The molecule has 0 saturated carbocycles. The second-order valence-corrected chi connectivity index (χ2v) is 4.72. The molecular formula is C12H10F2N2O2S. The maximum atomic E-state index is 13.0. The van der Waals surface area contributed by atoms with Crippen molar-refractivity contribution in [2.45, 2.75) is 13.0 Å². The highest BCUT2D eigenvalue weighted by atomic mass is 32.1. The minimum atomic E-state index is -0.825. The van der Waals surface area contributed by atoms with E-state index in [0.29, 0.717) is 11.8 Å². The number of hydrogen-bond acceptors (Lipinski definition) is 4. The molecule has 1 heterocycles. The highest BCUT2D eigenvalue weighted by Gasteiger charge is 2.12. The van der Waals surface area contributed by atoms with Crippen molar-refractivity contribution in [3.8, 4) is 0 Å². The molecule has 0 radical (unpaired) electrons. The molecule has 1 unspecified atom stereocenters. The van der Waals surface area contributed by atoms with E-state index < -0.39 is 23.6 Å². The minimum absolute atomic E-state index is 0.133.